The van der Waals surface area contributed by atoms with Crippen LogP contribution >= 0.6 is 34.7 Å². The minimum absolute atomic E-state index is 0.0861. The summed E-state index contributed by atoms with van der Waals surface area (Å²) >= 11 is 8.66. The van der Waals surface area contributed by atoms with Gasteiger partial charge in [0.25, 0.3) is 0 Å². The number of nitrogens with zero attached hydrogens (tertiary/aromatic N) is 2. The van der Waals surface area contributed by atoms with Gasteiger partial charge in [-0.15, -0.1) is 11.3 Å². The highest BCUT2D eigenvalue weighted by molar-refractivity contribution is 8.01. The van der Waals surface area contributed by atoms with Gasteiger partial charge in [-0.05, 0) is 60.7 Å². The van der Waals surface area contributed by atoms with Gasteiger partial charge in [-0.2, -0.15) is 0 Å². The molecular formula is C26H22ClN3O4S2. The summed E-state index contributed by atoms with van der Waals surface area (Å²) in [6, 6.07) is 12.5. The fourth-order valence-electron chi connectivity index (χ4n) is 5.32. The fraction of sp³-hybridized carbons (Fsp3) is 0.308. The number of hydrogen-bond donors (Lipinski definition) is 1. The molecule has 10 heteroatoms. The first kappa shape index (κ1) is 23.5. The van der Waals surface area contributed by atoms with Crippen LogP contribution in [0.25, 0.3) is 10.2 Å². The van der Waals surface area contributed by atoms with Crippen molar-refractivity contribution in [2.45, 2.75) is 10.8 Å². The van der Waals surface area contributed by atoms with Gasteiger partial charge >= 0.3 is 0 Å². The molecule has 6 rings (SSSR count). The van der Waals surface area contributed by atoms with Crippen LogP contribution in [0.2, 0.25) is 5.02 Å². The molecule has 1 aliphatic heterocycles. The van der Waals surface area contributed by atoms with E-state index in [2.05, 4.69) is 22.5 Å². The van der Waals surface area contributed by atoms with Gasteiger partial charge in [-0.1, -0.05) is 35.5 Å². The van der Waals surface area contributed by atoms with E-state index in [1.807, 2.05) is 12.1 Å². The summed E-state index contributed by atoms with van der Waals surface area (Å²) in [5.74, 6) is 0.587. The molecule has 4 atom stereocenters. The van der Waals surface area contributed by atoms with E-state index in [4.69, 9.17) is 16.3 Å². The van der Waals surface area contributed by atoms with Crippen molar-refractivity contribution in [2.75, 3.05) is 23.8 Å². The number of rotatable bonds is 8. The summed E-state index contributed by atoms with van der Waals surface area (Å²) in [5, 5.41) is 3.48. The number of hydrogen-bond acceptors (Lipinski definition) is 7. The third-order valence-corrected chi connectivity index (χ3v) is 9.33. The number of ether oxygens (including phenoxy) is 1. The predicted octanol–water partition coefficient (Wildman–Crippen LogP) is 4.55. The third-order valence-electron chi connectivity index (χ3n) is 6.91. The van der Waals surface area contributed by atoms with Crippen LogP contribution in [0.5, 0.6) is 5.75 Å². The molecule has 1 saturated heterocycles. The number of carbonyl (C=O) groups excluding carboxylic acids is 3. The van der Waals surface area contributed by atoms with Crippen molar-refractivity contribution in [3.05, 3.63) is 59.6 Å². The van der Waals surface area contributed by atoms with Crippen LogP contribution in [0, 0.1) is 23.7 Å². The summed E-state index contributed by atoms with van der Waals surface area (Å²) in [6.45, 7) is 0.748. The van der Waals surface area contributed by atoms with Crippen LogP contribution < -0.4 is 15.0 Å². The molecule has 7 nitrogen and oxygen atoms in total. The zero-order chi connectivity index (χ0) is 24.8. The maximum absolute atomic E-state index is 13.1. The molecule has 3 amide bonds. The van der Waals surface area contributed by atoms with Crippen molar-refractivity contribution in [2.24, 2.45) is 23.7 Å². The molecule has 2 bridgehead atoms. The minimum atomic E-state index is -0.217. The van der Waals surface area contributed by atoms with E-state index in [1.165, 1.54) is 28.0 Å². The van der Waals surface area contributed by atoms with Gasteiger partial charge in [-0.25, -0.2) is 9.88 Å². The van der Waals surface area contributed by atoms with Crippen molar-refractivity contribution < 1.29 is 19.1 Å². The average molecular weight is 540 g/mol. The minimum Gasteiger partial charge on any atom is -0.492 e. The Morgan fingerprint density at radius 1 is 1.11 bits per heavy atom. The number of carbonyl (C=O) groups is 3. The smallest absolute Gasteiger partial charge is 0.238 e. The summed E-state index contributed by atoms with van der Waals surface area (Å²) in [5.41, 5.74) is 1.38. The van der Waals surface area contributed by atoms with Crippen molar-refractivity contribution in [3.8, 4) is 5.75 Å². The molecule has 3 aromatic rings. The molecule has 1 aromatic heterocycles. The summed E-state index contributed by atoms with van der Waals surface area (Å²) < 4.78 is 7.21. The highest BCUT2D eigenvalue weighted by atomic mass is 35.5. The molecule has 36 heavy (non-hydrogen) atoms. The van der Waals surface area contributed by atoms with E-state index >= 15 is 0 Å². The quantitative estimate of drug-likeness (QED) is 0.195. The fourth-order valence-corrected chi connectivity index (χ4v) is 7.38. The van der Waals surface area contributed by atoms with Gasteiger partial charge in [0.2, 0.25) is 17.7 Å². The Hall–Kier alpha value is -2.88. The lowest BCUT2D eigenvalue weighted by molar-refractivity contribution is -0.123. The predicted molar refractivity (Wildman–Crippen MR) is 141 cm³/mol. The average Bonchev–Trinajstić information content (AvgIpc) is 3.64. The SMILES string of the molecule is O=C(CSc1nc2ccc(N3C(=O)C4C5C=CC(C5)C4C3=O)cc2s1)NCCOc1ccc(Cl)cc1. The maximum Gasteiger partial charge on any atom is 0.238 e. The summed E-state index contributed by atoms with van der Waals surface area (Å²) in [7, 11) is 0. The van der Waals surface area contributed by atoms with Gasteiger partial charge in [-0.3, -0.25) is 14.4 Å². The first-order valence-electron chi connectivity index (χ1n) is 11.7. The van der Waals surface area contributed by atoms with Gasteiger partial charge in [0.15, 0.2) is 4.34 Å². The second kappa shape index (κ2) is 9.53. The molecular weight excluding hydrogens is 518 g/mol. The van der Waals surface area contributed by atoms with Crippen molar-refractivity contribution in [3.63, 3.8) is 0 Å². The van der Waals surface area contributed by atoms with E-state index < -0.39 is 0 Å². The molecule has 0 radical (unpaired) electrons. The number of benzene rings is 2. The van der Waals surface area contributed by atoms with Gasteiger partial charge in [0.1, 0.15) is 12.4 Å². The number of aromatic nitrogens is 1. The van der Waals surface area contributed by atoms with Crippen LogP contribution in [0.1, 0.15) is 6.42 Å². The molecule has 3 aliphatic rings. The molecule has 0 spiro atoms. The molecule has 2 heterocycles. The molecule has 2 fully saturated rings. The number of fused-ring (bicyclic) bond motifs is 6. The monoisotopic (exact) mass is 539 g/mol. The second-order valence-electron chi connectivity index (χ2n) is 9.08. The standard InChI is InChI=1S/C26H22ClN3O4S2/c27-16-3-6-18(7-4-16)34-10-9-28-21(31)13-35-26-29-19-8-5-17(12-20(19)36-26)30-24(32)22-14-1-2-15(11-14)23(22)25(30)33/h1-8,12,14-15,22-23H,9-11,13H2,(H,28,31). The van der Waals surface area contributed by atoms with Gasteiger partial charge in [0.05, 0.1) is 40.0 Å². The lowest BCUT2D eigenvalue weighted by Crippen LogP contribution is -2.32. The lowest BCUT2D eigenvalue weighted by atomic mass is 9.85. The summed E-state index contributed by atoms with van der Waals surface area (Å²) in [6.07, 6.45) is 5.11. The van der Waals surface area contributed by atoms with E-state index in [-0.39, 0.29) is 47.1 Å². The number of imide groups is 1. The van der Waals surface area contributed by atoms with Crippen LogP contribution in [0.4, 0.5) is 5.69 Å². The van der Waals surface area contributed by atoms with E-state index in [9.17, 15) is 14.4 Å². The Kier molecular flexibility index (Phi) is 6.23. The van der Waals surface area contributed by atoms with Crippen molar-refractivity contribution >= 4 is 68.3 Å². The normalized spacial score (nSPS) is 24.1. The second-order valence-corrected chi connectivity index (χ2v) is 11.8. The van der Waals surface area contributed by atoms with Crippen molar-refractivity contribution in [1.82, 2.24) is 10.3 Å². The number of nitrogens with one attached hydrogen (secondary N) is 1. The molecule has 184 valence electrons. The lowest BCUT2D eigenvalue weighted by Gasteiger charge is -2.17. The topological polar surface area (TPSA) is 88.6 Å². The molecule has 1 saturated carbocycles. The highest BCUT2D eigenvalue weighted by Gasteiger charge is 2.59. The van der Waals surface area contributed by atoms with Crippen LogP contribution in [0.3, 0.4) is 0 Å². The molecule has 4 unspecified atom stereocenters. The van der Waals surface area contributed by atoms with E-state index in [1.54, 1.807) is 30.3 Å². The first-order valence-corrected chi connectivity index (χ1v) is 13.9. The number of thiazole rings is 1. The van der Waals surface area contributed by atoms with Gasteiger partial charge < -0.3 is 10.1 Å². The van der Waals surface area contributed by atoms with E-state index in [0.717, 1.165) is 21.0 Å². The number of halogens is 1. The molecule has 1 N–H and O–H groups in total. The van der Waals surface area contributed by atoms with E-state index in [0.29, 0.717) is 29.6 Å². The first-order chi connectivity index (χ1) is 17.5. The van der Waals surface area contributed by atoms with Crippen LogP contribution in [-0.2, 0) is 14.4 Å². The Morgan fingerprint density at radius 2 is 1.83 bits per heavy atom. The summed E-state index contributed by atoms with van der Waals surface area (Å²) in [4.78, 5) is 44.4. The number of allylic oxidation sites excluding steroid dienone is 2. The Morgan fingerprint density at radius 3 is 2.56 bits per heavy atom. The zero-order valence-corrected chi connectivity index (χ0v) is 21.4. The third kappa shape index (κ3) is 4.29. The Balaban J connectivity index is 1.04. The number of amides is 3. The molecule has 2 aliphatic carbocycles. The Labute approximate surface area is 220 Å². The Bertz CT molecular complexity index is 1360. The number of thioether (sulfide) groups is 1. The maximum atomic E-state index is 13.1. The highest BCUT2D eigenvalue weighted by Crippen LogP contribution is 2.53. The largest absolute Gasteiger partial charge is 0.492 e. The van der Waals surface area contributed by atoms with Gasteiger partial charge in [0, 0.05) is 5.02 Å². The van der Waals surface area contributed by atoms with Crippen molar-refractivity contribution in [1.29, 1.82) is 0 Å². The van der Waals surface area contributed by atoms with Crippen LogP contribution in [-0.4, -0.2) is 41.6 Å². The molecule has 2 aromatic carbocycles. The zero-order valence-electron chi connectivity index (χ0n) is 19.1. The van der Waals surface area contributed by atoms with Crippen LogP contribution in [0.15, 0.2) is 59.0 Å². The number of anilines is 1.